The highest BCUT2D eigenvalue weighted by Crippen LogP contribution is 2.29. The summed E-state index contributed by atoms with van der Waals surface area (Å²) < 4.78 is 34.3. The van der Waals surface area contributed by atoms with E-state index in [4.69, 9.17) is 4.74 Å². The first-order chi connectivity index (χ1) is 15.6. The lowest BCUT2D eigenvalue weighted by Gasteiger charge is -2.20. The number of carbonyl (C=O) groups excluding carboxylic acids is 1. The number of aldehydes is 1. The van der Waals surface area contributed by atoms with E-state index in [1.807, 2.05) is 58.0 Å². The zero-order valence-corrected chi connectivity index (χ0v) is 20.2. The van der Waals surface area contributed by atoms with Gasteiger partial charge < -0.3 is 9.64 Å². The summed E-state index contributed by atoms with van der Waals surface area (Å²) in [5.74, 6) is 0.148. The first kappa shape index (κ1) is 24.3. The Morgan fingerprint density at radius 1 is 1.06 bits per heavy atom. The highest BCUT2D eigenvalue weighted by atomic mass is 32.2. The van der Waals surface area contributed by atoms with E-state index in [0.717, 1.165) is 16.7 Å². The quantitative estimate of drug-likeness (QED) is 0.478. The molecule has 9 heteroatoms. The summed E-state index contributed by atoms with van der Waals surface area (Å²) in [6, 6.07) is 13.4. The van der Waals surface area contributed by atoms with Crippen LogP contribution < -0.4 is 9.46 Å². The second-order valence-electron chi connectivity index (χ2n) is 8.10. The molecule has 8 nitrogen and oxygen atoms in total. The van der Waals surface area contributed by atoms with Gasteiger partial charge in [0.1, 0.15) is 12.9 Å². The van der Waals surface area contributed by atoms with Crippen LogP contribution in [0.3, 0.4) is 0 Å². The fraction of sp³-hybridized carbons (Fsp3) is 0.292. The average molecular weight is 469 g/mol. The number of likely N-dealkylation sites (N-methyl/N-ethyl adjacent to an activating group) is 1. The van der Waals surface area contributed by atoms with E-state index >= 15 is 0 Å². The van der Waals surface area contributed by atoms with Gasteiger partial charge in [0, 0.05) is 23.2 Å². The van der Waals surface area contributed by atoms with Crippen LogP contribution in [0.15, 0.2) is 53.4 Å². The van der Waals surface area contributed by atoms with Crippen molar-refractivity contribution in [3.63, 3.8) is 0 Å². The first-order valence-corrected chi connectivity index (χ1v) is 11.9. The molecule has 2 aromatic carbocycles. The number of nitrogens with one attached hydrogen (secondary N) is 1. The summed E-state index contributed by atoms with van der Waals surface area (Å²) in [7, 11) is -0.129. The van der Waals surface area contributed by atoms with Gasteiger partial charge in [-0.2, -0.15) is 4.98 Å². The van der Waals surface area contributed by atoms with Crippen molar-refractivity contribution in [1.29, 1.82) is 0 Å². The molecule has 0 saturated heterocycles. The van der Waals surface area contributed by atoms with Gasteiger partial charge in [-0.3, -0.25) is 4.79 Å². The molecular weight excluding hydrogens is 440 g/mol. The minimum absolute atomic E-state index is 0.0585. The lowest BCUT2D eigenvalue weighted by Crippen LogP contribution is -2.30. The third-order valence-electron chi connectivity index (χ3n) is 5.32. The fourth-order valence-corrected chi connectivity index (χ4v) is 4.18. The second kappa shape index (κ2) is 10.1. The Morgan fingerprint density at radius 3 is 2.36 bits per heavy atom. The maximum absolute atomic E-state index is 13.0. The summed E-state index contributed by atoms with van der Waals surface area (Å²) in [4.78, 5) is 21.8. The van der Waals surface area contributed by atoms with Gasteiger partial charge in [0.25, 0.3) is 10.0 Å². The van der Waals surface area contributed by atoms with E-state index < -0.39 is 10.0 Å². The van der Waals surface area contributed by atoms with E-state index in [9.17, 15) is 13.2 Å². The van der Waals surface area contributed by atoms with Crippen LogP contribution in [0.5, 0.6) is 5.88 Å². The highest BCUT2D eigenvalue weighted by molar-refractivity contribution is 7.92. The average Bonchev–Trinajstić information content (AvgIpc) is 2.77. The largest absolute Gasteiger partial charge is 0.476 e. The Morgan fingerprint density at radius 2 is 1.73 bits per heavy atom. The summed E-state index contributed by atoms with van der Waals surface area (Å²) in [6.45, 7) is 6.31. The predicted octanol–water partition coefficient (Wildman–Crippen LogP) is 3.70. The molecule has 0 bridgehead atoms. The second-order valence-corrected chi connectivity index (χ2v) is 9.78. The third-order valence-corrected chi connectivity index (χ3v) is 6.65. The molecular formula is C24H28N4O4S. The van der Waals surface area contributed by atoms with Crippen LogP contribution in [0.2, 0.25) is 0 Å². The van der Waals surface area contributed by atoms with Crippen LogP contribution in [0.1, 0.15) is 28.4 Å². The van der Waals surface area contributed by atoms with E-state index in [0.29, 0.717) is 18.6 Å². The van der Waals surface area contributed by atoms with Gasteiger partial charge in [-0.05, 0) is 58.1 Å². The monoisotopic (exact) mass is 468 g/mol. The number of ether oxygens (including phenoxy) is 1. The Balaban J connectivity index is 2.04. The van der Waals surface area contributed by atoms with Crippen molar-refractivity contribution in [2.45, 2.75) is 31.7 Å². The molecule has 0 spiro atoms. The van der Waals surface area contributed by atoms with Gasteiger partial charge in [-0.1, -0.05) is 30.3 Å². The Bertz CT molecular complexity index is 1240. The number of nitrogens with zero attached hydrogens (tertiary/aromatic N) is 3. The van der Waals surface area contributed by atoms with Crippen molar-refractivity contribution in [2.75, 3.05) is 25.4 Å². The van der Waals surface area contributed by atoms with Crippen molar-refractivity contribution >= 4 is 22.3 Å². The zero-order valence-electron chi connectivity index (χ0n) is 19.4. The van der Waals surface area contributed by atoms with Crippen LogP contribution in [-0.2, 0) is 10.0 Å². The summed E-state index contributed by atoms with van der Waals surface area (Å²) in [5.41, 5.74) is 3.67. The number of anilines is 1. The Labute approximate surface area is 194 Å². The molecule has 1 unspecified atom stereocenters. The van der Waals surface area contributed by atoms with Gasteiger partial charge in [-0.15, -0.1) is 0 Å². The lowest BCUT2D eigenvalue weighted by molar-refractivity contribution is 0.112. The van der Waals surface area contributed by atoms with Crippen molar-refractivity contribution in [1.82, 2.24) is 14.9 Å². The normalized spacial score (nSPS) is 12.4. The number of carbonyl (C=O) groups is 1. The lowest BCUT2D eigenvalue weighted by atomic mass is 10.00. The molecule has 33 heavy (non-hydrogen) atoms. The molecule has 1 N–H and O–H groups in total. The molecule has 1 atom stereocenters. The van der Waals surface area contributed by atoms with Crippen molar-refractivity contribution < 1.29 is 17.9 Å². The number of sulfonamides is 1. The zero-order chi connectivity index (χ0) is 24.2. The molecule has 1 aromatic heterocycles. The topological polar surface area (TPSA) is 101 Å². The molecule has 0 aliphatic carbocycles. The molecule has 174 valence electrons. The number of aryl methyl sites for hydroxylation is 2. The minimum atomic E-state index is -4.02. The molecule has 0 saturated carbocycles. The Kier molecular flexibility index (Phi) is 7.45. The molecule has 1 heterocycles. The maximum Gasteiger partial charge on any atom is 0.264 e. The van der Waals surface area contributed by atoms with Crippen LogP contribution in [0.25, 0.3) is 11.3 Å². The first-order valence-electron chi connectivity index (χ1n) is 10.4. The van der Waals surface area contributed by atoms with Crippen molar-refractivity contribution in [3.8, 4) is 17.1 Å². The van der Waals surface area contributed by atoms with E-state index in [1.54, 1.807) is 6.07 Å². The number of benzene rings is 2. The number of hydrogen-bond acceptors (Lipinski definition) is 7. The van der Waals surface area contributed by atoms with Gasteiger partial charge in [0.05, 0.1) is 10.6 Å². The van der Waals surface area contributed by atoms with Crippen molar-refractivity contribution in [3.05, 3.63) is 65.2 Å². The third kappa shape index (κ3) is 5.94. The minimum Gasteiger partial charge on any atom is -0.476 e. The number of hydrogen-bond donors (Lipinski definition) is 1. The fourth-order valence-electron chi connectivity index (χ4n) is 3.18. The van der Waals surface area contributed by atoms with Gasteiger partial charge >= 0.3 is 0 Å². The molecule has 3 rings (SSSR count). The predicted molar refractivity (Wildman–Crippen MR) is 128 cm³/mol. The molecule has 0 aliphatic rings. The smallest absolute Gasteiger partial charge is 0.264 e. The van der Waals surface area contributed by atoms with E-state index in [-0.39, 0.29) is 28.3 Å². The van der Waals surface area contributed by atoms with E-state index in [1.165, 1.54) is 24.3 Å². The molecule has 0 radical (unpaired) electrons. The summed E-state index contributed by atoms with van der Waals surface area (Å²) in [6.07, 6.45) is 0.592. The number of rotatable bonds is 9. The molecule has 3 aromatic rings. The SMILES string of the molecule is Cc1cccc(C)c1-c1cc(OCC(C)N(C)C)nc(NS(=O)(=O)c2cccc(C=O)c2)n1. The van der Waals surface area contributed by atoms with Crippen LogP contribution in [0.4, 0.5) is 5.95 Å². The maximum atomic E-state index is 13.0. The number of aromatic nitrogens is 2. The standard InChI is InChI=1S/C24H28N4O4S/c1-16-8-6-9-17(2)23(16)21-13-22(32-15-18(3)28(4)5)26-24(25-21)27-33(30,31)20-11-7-10-19(12-20)14-29/h6-14,18H,15H2,1-5H3,(H,25,26,27). The van der Waals surface area contributed by atoms with Crippen LogP contribution >= 0.6 is 0 Å². The van der Waals surface area contributed by atoms with Crippen LogP contribution in [0, 0.1) is 13.8 Å². The molecule has 0 amide bonds. The van der Waals surface area contributed by atoms with E-state index in [2.05, 4.69) is 14.7 Å². The summed E-state index contributed by atoms with van der Waals surface area (Å²) >= 11 is 0. The summed E-state index contributed by atoms with van der Waals surface area (Å²) in [5, 5.41) is 0. The van der Waals surface area contributed by atoms with Crippen LogP contribution in [-0.4, -0.2) is 56.3 Å². The van der Waals surface area contributed by atoms with Gasteiger partial charge in [0.15, 0.2) is 0 Å². The molecule has 0 aliphatic heterocycles. The van der Waals surface area contributed by atoms with Gasteiger partial charge in [0.2, 0.25) is 11.8 Å². The highest BCUT2D eigenvalue weighted by Gasteiger charge is 2.19. The Hall–Kier alpha value is -3.30. The molecule has 0 fully saturated rings. The van der Waals surface area contributed by atoms with Crippen molar-refractivity contribution in [2.24, 2.45) is 0 Å². The van der Waals surface area contributed by atoms with Gasteiger partial charge in [-0.25, -0.2) is 18.1 Å².